The van der Waals surface area contributed by atoms with Gasteiger partial charge < -0.3 is 23.7 Å². The minimum atomic E-state index is 0. The second kappa shape index (κ2) is 40.7. The van der Waals surface area contributed by atoms with Gasteiger partial charge in [-0.15, -0.1) is 0 Å². The molecule has 0 aromatic heterocycles. The molecule has 0 amide bonds. The van der Waals surface area contributed by atoms with Gasteiger partial charge in [0.1, 0.15) is 0 Å². The van der Waals surface area contributed by atoms with Gasteiger partial charge in [0.2, 0.25) is 0 Å². The summed E-state index contributed by atoms with van der Waals surface area (Å²) in [6.45, 7) is 15.9. The molecule has 10 bridgehead atoms. The third kappa shape index (κ3) is 21.9. The molecule has 0 heterocycles. The molecule has 5 radical (unpaired) electrons. The van der Waals surface area contributed by atoms with Gasteiger partial charge >= 0.3 is 0 Å². The van der Waals surface area contributed by atoms with Crippen LogP contribution in [0.5, 0.6) is 0 Å². The lowest BCUT2D eigenvalue weighted by atomic mass is 9.56. The maximum absolute atomic E-state index is 6.28. The molecule has 0 unspecified atom stereocenters. The molecule has 105 heavy (non-hydrogen) atoms. The third-order valence-corrected chi connectivity index (χ3v) is 29.1. The second-order valence-corrected chi connectivity index (χ2v) is 35.8. The highest BCUT2D eigenvalue weighted by molar-refractivity contribution is 7.81. The van der Waals surface area contributed by atoms with Gasteiger partial charge in [-0.25, -0.2) is 0 Å². The summed E-state index contributed by atoms with van der Waals surface area (Å²) >= 11 is 26.1. The standard InChI is InChI=1S/5C18H25OS.5FH/c5*1-2-3-14-19-18-11-8-17(9-12-18,10-13-18)15-4-6-16(20)7-5-15;;;;;/h5*4-7H,2-3,8-14H2,1H3;5*1H. The molecule has 5 aromatic rings. The van der Waals surface area contributed by atoms with Crippen molar-refractivity contribution in [2.75, 3.05) is 33.0 Å². The molecular weight excluding hydrogens is 1420 g/mol. The van der Waals surface area contributed by atoms with Crippen LogP contribution in [-0.2, 0) is 50.8 Å². The van der Waals surface area contributed by atoms with Gasteiger partial charge in [-0.2, -0.15) is 0 Å². The van der Waals surface area contributed by atoms with Gasteiger partial charge in [-0.3, -0.25) is 23.5 Å². The van der Waals surface area contributed by atoms with Crippen LogP contribution < -0.4 is 0 Å². The number of ether oxygens (including phenoxy) is 5. The quantitative estimate of drug-likeness (QED) is 0.0430. The molecule has 15 heteroatoms. The maximum atomic E-state index is 6.28. The highest BCUT2D eigenvalue weighted by Gasteiger charge is 2.54. The van der Waals surface area contributed by atoms with Crippen molar-refractivity contribution in [1.29, 1.82) is 0 Å². The normalized spacial score (nSPS) is 30.9. The van der Waals surface area contributed by atoms with Crippen LogP contribution in [-0.4, -0.2) is 61.0 Å². The van der Waals surface area contributed by atoms with Crippen LogP contribution >= 0.6 is 63.1 Å². The van der Waals surface area contributed by atoms with E-state index in [2.05, 4.69) is 156 Å². The zero-order valence-electron chi connectivity index (χ0n) is 64.5. The van der Waals surface area contributed by atoms with Gasteiger partial charge in [0.05, 0.1) is 28.0 Å². The largest absolute Gasteiger partial charge is 0.375 e. The molecule has 0 atom stereocenters. The Hall–Kier alpha value is -3.35. The van der Waals surface area contributed by atoms with E-state index in [1.54, 1.807) is 0 Å². The zero-order chi connectivity index (χ0) is 70.3. The average molecular weight is 1550 g/mol. The number of rotatable bonds is 25. The fourth-order valence-corrected chi connectivity index (χ4v) is 20.9. The smallest absolute Gasteiger partial charge is 0.0683 e. The summed E-state index contributed by atoms with van der Waals surface area (Å²) < 4.78 is 31.4. The lowest BCUT2D eigenvalue weighted by Crippen LogP contribution is -2.49. The van der Waals surface area contributed by atoms with Crippen LogP contribution in [0.25, 0.3) is 0 Å². The summed E-state index contributed by atoms with van der Waals surface area (Å²) in [7, 11) is 0. The van der Waals surface area contributed by atoms with E-state index in [0.717, 1.165) is 57.5 Å². The van der Waals surface area contributed by atoms with Crippen molar-refractivity contribution in [1.82, 2.24) is 0 Å². The van der Waals surface area contributed by atoms with E-state index in [4.69, 9.17) is 86.8 Å². The Morgan fingerprint density at radius 1 is 0.200 bits per heavy atom. The minimum Gasteiger partial charge on any atom is -0.375 e. The Morgan fingerprint density at radius 2 is 0.314 bits per heavy atom. The summed E-state index contributed by atoms with van der Waals surface area (Å²) in [5.74, 6) is 0. The molecule has 0 spiro atoms. The number of benzene rings is 5. The molecule has 5 nitrogen and oxygen atoms in total. The highest BCUT2D eigenvalue weighted by atomic mass is 32.1. The first-order valence-corrected chi connectivity index (χ1v) is 42.5. The summed E-state index contributed by atoms with van der Waals surface area (Å²) in [5, 5.41) is 0. The zero-order valence-corrected chi connectivity index (χ0v) is 68.6. The summed E-state index contributed by atoms with van der Waals surface area (Å²) in [6.07, 6.45) is 50.1. The maximum Gasteiger partial charge on any atom is 0.0683 e. The molecule has 0 N–H and O–H groups in total. The second-order valence-electron chi connectivity index (χ2n) is 33.4. The fraction of sp³-hybridized carbons (Fsp3) is 0.667. The van der Waals surface area contributed by atoms with Gasteiger partial charge in [-0.05, 0) is 340 Å². The third-order valence-electron chi connectivity index (χ3n) is 27.8. The van der Waals surface area contributed by atoms with Crippen LogP contribution in [0.2, 0.25) is 0 Å². The Morgan fingerprint density at radius 3 is 0.419 bits per heavy atom. The van der Waals surface area contributed by atoms with Crippen molar-refractivity contribution in [3.05, 3.63) is 149 Å². The molecule has 15 saturated carbocycles. The number of fused-ring (bicyclic) bond motifs is 15. The first-order valence-electron chi connectivity index (χ1n) is 40.5. The Labute approximate surface area is 659 Å². The monoisotopic (exact) mass is 1550 g/mol. The number of halogens is 5. The van der Waals surface area contributed by atoms with E-state index in [1.165, 1.54) is 285 Å². The summed E-state index contributed by atoms with van der Waals surface area (Å²) in [5.41, 5.74) is 10.7. The molecule has 20 rings (SSSR count). The number of unbranched alkanes of at least 4 members (excludes halogenated alkanes) is 5. The molecule has 585 valence electrons. The van der Waals surface area contributed by atoms with Crippen LogP contribution in [0.15, 0.2) is 146 Å². The molecule has 15 fully saturated rings. The van der Waals surface area contributed by atoms with Crippen molar-refractivity contribution >= 4 is 63.1 Å². The van der Waals surface area contributed by atoms with Crippen LogP contribution in [0.4, 0.5) is 23.5 Å². The van der Waals surface area contributed by atoms with E-state index < -0.39 is 0 Å². The highest BCUT2D eigenvalue weighted by Crippen LogP contribution is 2.60. The first-order chi connectivity index (χ1) is 48.4. The van der Waals surface area contributed by atoms with Crippen molar-refractivity contribution in [3.63, 3.8) is 0 Å². The topological polar surface area (TPSA) is 46.2 Å². The predicted molar refractivity (Wildman–Crippen MR) is 439 cm³/mol. The van der Waals surface area contributed by atoms with Gasteiger partial charge in [-0.1, -0.05) is 191 Å². The molecule has 0 saturated heterocycles. The van der Waals surface area contributed by atoms with E-state index in [1.807, 2.05) is 0 Å². The van der Waals surface area contributed by atoms with Gasteiger partial charge in [0.15, 0.2) is 0 Å². The van der Waals surface area contributed by atoms with E-state index in [9.17, 15) is 0 Å². The Balaban J connectivity index is 0.000000203. The predicted octanol–water partition coefficient (Wildman–Crippen LogP) is 27.8. The van der Waals surface area contributed by atoms with Gasteiger partial charge in [0, 0.05) is 57.5 Å². The van der Waals surface area contributed by atoms with Crippen LogP contribution in [0.3, 0.4) is 0 Å². The van der Waals surface area contributed by atoms with Crippen LogP contribution in [0, 0.1) is 0 Å². The number of hydrogen-bond donors (Lipinski definition) is 0. The Bertz CT molecular complexity index is 2670. The molecule has 15 aliphatic carbocycles. The number of hydrogen-bond acceptors (Lipinski definition) is 5. The van der Waals surface area contributed by atoms with Crippen molar-refractivity contribution < 1.29 is 47.2 Å². The van der Waals surface area contributed by atoms with Gasteiger partial charge in [0.25, 0.3) is 0 Å². The van der Waals surface area contributed by atoms with Crippen molar-refractivity contribution in [3.8, 4) is 0 Å². The van der Waals surface area contributed by atoms with E-state index >= 15 is 0 Å². The van der Waals surface area contributed by atoms with Crippen LogP contribution in [0.1, 0.15) is 319 Å². The molecular formula is C90H130F5O5S5. The van der Waals surface area contributed by atoms with Crippen molar-refractivity contribution in [2.24, 2.45) is 0 Å². The molecule has 15 aliphatic rings. The van der Waals surface area contributed by atoms with E-state index in [0.29, 0.717) is 27.1 Å². The van der Waals surface area contributed by atoms with Crippen molar-refractivity contribution in [2.45, 2.75) is 371 Å². The average Bonchev–Trinajstić information content (AvgIpc) is 0.781. The lowest BCUT2D eigenvalue weighted by molar-refractivity contribution is -0.119. The summed E-state index contributed by atoms with van der Waals surface area (Å²) in [4.78, 5) is 4.76. The first kappa shape index (κ1) is 90.5. The Kier molecular flexibility index (Phi) is 35.1. The summed E-state index contributed by atoms with van der Waals surface area (Å²) in [6, 6.07) is 43.5. The molecule has 5 aromatic carbocycles. The fourth-order valence-electron chi connectivity index (χ4n) is 20.2. The minimum absolute atomic E-state index is 0. The SMILES string of the molecule is CCCCOC12CCC(c3ccc([S])cc3)(CC1)CC2.CCCCOC12CCC(c3ccc([S])cc3)(CC1)CC2.CCCCOC12CCC(c3ccc([S])cc3)(CC1)CC2.CCCCOC12CCC(c3ccc([S])cc3)(CC1)CC2.CCCCOC12CCC(c3ccc([S])cc3)(CC1)CC2.F.F.F.F.F. The lowest BCUT2D eigenvalue weighted by Gasteiger charge is -2.53. The molecule has 0 aliphatic heterocycles. The van der Waals surface area contributed by atoms with E-state index in [-0.39, 0.29) is 51.5 Å².